The summed E-state index contributed by atoms with van der Waals surface area (Å²) in [4.78, 5) is 71.3. The van der Waals surface area contributed by atoms with Crippen LogP contribution in [0.4, 0.5) is 0 Å². The number of carbonyl (C=O) groups excluding carboxylic acids is 5. The number of Topliss-reactive ketones (excluding diaryl/α,β-unsaturated/α-hetero) is 1. The number of halogens is 1. The molecule has 1 N–H and O–H groups in total. The van der Waals surface area contributed by atoms with Gasteiger partial charge in [-0.15, -0.1) is 11.6 Å². The molecule has 0 aromatic heterocycles. The van der Waals surface area contributed by atoms with E-state index in [4.69, 9.17) is 16.7 Å². The van der Waals surface area contributed by atoms with Gasteiger partial charge in [0.15, 0.2) is 0 Å². The lowest BCUT2D eigenvalue weighted by molar-refractivity contribution is -0.137. The Morgan fingerprint density at radius 2 is 1.00 bits per heavy atom. The first-order chi connectivity index (χ1) is 16.8. The molecule has 0 spiro atoms. The monoisotopic (exact) mass is 498 g/mol. The molecule has 35 heavy (non-hydrogen) atoms. The zero-order valence-electron chi connectivity index (χ0n) is 18.7. The molecular weight excluding hydrogens is 476 g/mol. The predicted octanol–water partition coefficient (Wildman–Crippen LogP) is 3.02. The van der Waals surface area contributed by atoms with Gasteiger partial charge in [-0.2, -0.15) is 0 Å². The third-order valence-corrected chi connectivity index (χ3v) is 5.81. The topological polar surface area (TPSA) is 129 Å². The summed E-state index contributed by atoms with van der Waals surface area (Å²) in [5.74, 6) is -2.27. The fraction of sp³-hybridized carbons (Fsp3) is 0.280. The van der Waals surface area contributed by atoms with Gasteiger partial charge in [-0.05, 0) is 37.1 Å². The van der Waals surface area contributed by atoms with Crippen LogP contribution in [0, 0.1) is 0 Å². The number of amides is 4. The van der Waals surface area contributed by atoms with Crippen LogP contribution in [0.3, 0.4) is 0 Å². The Hall–Kier alpha value is -3.85. The first-order valence-electron chi connectivity index (χ1n) is 11.0. The van der Waals surface area contributed by atoms with Crippen LogP contribution in [-0.4, -0.2) is 69.3 Å². The molecule has 10 heteroatoms. The molecule has 0 radical (unpaired) electrons. The maximum Gasteiger partial charge on any atom is 0.303 e. The molecule has 2 aliphatic rings. The number of carboxylic acids is 1. The average Bonchev–Trinajstić information content (AvgIpc) is 3.25. The van der Waals surface area contributed by atoms with Crippen molar-refractivity contribution in [2.24, 2.45) is 0 Å². The molecule has 182 valence electrons. The van der Waals surface area contributed by atoms with Crippen molar-refractivity contribution in [3.05, 3.63) is 70.8 Å². The van der Waals surface area contributed by atoms with E-state index in [0.717, 1.165) is 4.90 Å². The van der Waals surface area contributed by atoms with Crippen LogP contribution in [0.25, 0.3) is 0 Å². The summed E-state index contributed by atoms with van der Waals surface area (Å²) in [6.45, 7) is 0.410. The second kappa shape index (κ2) is 11.5. The highest BCUT2D eigenvalue weighted by Gasteiger charge is 2.35. The molecule has 0 saturated carbocycles. The number of aliphatic carboxylic acids is 1. The van der Waals surface area contributed by atoms with Crippen molar-refractivity contribution in [3.63, 3.8) is 0 Å². The summed E-state index contributed by atoms with van der Waals surface area (Å²) in [6.07, 6.45) is 0.974. The SMILES string of the molecule is O=C(CCl)CCCN1C(=O)c2ccccc2C1=O.O=C(O)CCCN1C(=O)c2ccccc2C1=O. The zero-order chi connectivity index (χ0) is 25.5. The van der Waals surface area contributed by atoms with Gasteiger partial charge in [0.25, 0.3) is 23.6 Å². The summed E-state index contributed by atoms with van der Waals surface area (Å²) in [7, 11) is 0. The Bertz CT molecular complexity index is 1120. The number of carbonyl (C=O) groups is 6. The van der Waals surface area contributed by atoms with Crippen molar-refractivity contribution in [1.82, 2.24) is 9.80 Å². The number of hydrogen-bond donors (Lipinski definition) is 1. The van der Waals surface area contributed by atoms with Gasteiger partial charge in [0.1, 0.15) is 5.78 Å². The van der Waals surface area contributed by atoms with Crippen LogP contribution >= 0.6 is 11.6 Å². The largest absolute Gasteiger partial charge is 0.481 e. The molecule has 0 saturated heterocycles. The molecule has 2 heterocycles. The fourth-order valence-electron chi connectivity index (χ4n) is 3.77. The number of imide groups is 2. The van der Waals surface area contributed by atoms with Crippen molar-refractivity contribution >= 4 is 47.0 Å². The number of ketones is 1. The number of alkyl halides is 1. The third kappa shape index (κ3) is 5.81. The number of hydrogen-bond acceptors (Lipinski definition) is 6. The number of carboxylic acid groups (broad SMARTS) is 1. The Labute approximate surface area is 206 Å². The maximum absolute atomic E-state index is 11.9. The van der Waals surface area contributed by atoms with E-state index in [2.05, 4.69) is 0 Å². The third-order valence-electron chi connectivity index (χ3n) is 5.52. The molecule has 0 unspecified atom stereocenters. The summed E-state index contributed by atoms with van der Waals surface area (Å²) >= 11 is 5.38. The van der Waals surface area contributed by atoms with Gasteiger partial charge in [-0.1, -0.05) is 24.3 Å². The minimum Gasteiger partial charge on any atom is -0.481 e. The summed E-state index contributed by atoms with van der Waals surface area (Å²) in [5.41, 5.74) is 1.66. The van der Waals surface area contributed by atoms with Gasteiger partial charge >= 0.3 is 5.97 Å². The van der Waals surface area contributed by atoms with Crippen molar-refractivity contribution in [1.29, 1.82) is 0 Å². The lowest BCUT2D eigenvalue weighted by Gasteiger charge is -2.12. The molecule has 0 aliphatic carbocycles. The van der Waals surface area contributed by atoms with Crippen molar-refractivity contribution < 1.29 is 33.9 Å². The number of rotatable bonds is 9. The van der Waals surface area contributed by atoms with Crippen LogP contribution in [0.15, 0.2) is 48.5 Å². The molecule has 4 amide bonds. The first-order valence-corrected chi connectivity index (χ1v) is 11.5. The molecule has 2 aromatic rings. The zero-order valence-corrected chi connectivity index (χ0v) is 19.5. The Balaban J connectivity index is 0.000000196. The normalized spacial score (nSPS) is 14.0. The van der Waals surface area contributed by atoms with Crippen LogP contribution in [0.1, 0.15) is 67.1 Å². The van der Waals surface area contributed by atoms with Gasteiger partial charge in [-0.3, -0.25) is 38.6 Å². The highest BCUT2D eigenvalue weighted by molar-refractivity contribution is 6.27. The van der Waals surface area contributed by atoms with E-state index in [-0.39, 0.29) is 67.6 Å². The predicted molar refractivity (Wildman–Crippen MR) is 125 cm³/mol. The van der Waals surface area contributed by atoms with E-state index in [1.165, 1.54) is 4.90 Å². The molecular formula is C25H23ClN2O7. The minimum atomic E-state index is -0.929. The molecule has 4 rings (SSSR count). The number of fused-ring (bicyclic) bond motifs is 2. The average molecular weight is 499 g/mol. The van der Waals surface area contributed by atoms with E-state index >= 15 is 0 Å². The summed E-state index contributed by atoms with van der Waals surface area (Å²) in [5, 5.41) is 8.50. The van der Waals surface area contributed by atoms with Crippen molar-refractivity contribution in [3.8, 4) is 0 Å². The Kier molecular flexibility index (Phi) is 8.48. The van der Waals surface area contributed by atoms with Crippen LogP contribution in [-0.2, 0) is 9.59 Å². The van der Waals surface area contributed by atoms with E-state index in [9.17, 15) is 28.8 Å². The minimum absolute atomic E-state index is 0.0257. The van der Waals surface area contributed by atoms with Crippen LogP contribution in [0.5, 0.6) is 0 Å². The molecule has 9 nitrogen and oxygen atoms in total. The second-order valence-electron chi connectivity index (χ2n) is 7.89. The molecule has 2 aromatic carbocycles. The van der Waals surface area contributed by atoms with Crippen LogP contribution in [0.2, 0.25) is 0 Å². The van der Waals surface area contributed by atoms with E-state index < -0.39 is 5.97 Å². The Morgan fingerprint density at radius 1 is 0.657 bits per heavy atom. The summed E-state index contributed by atoms with van der Waals surface area (Å²) < 4.78 is 0. The molecule has 0 atom stereocenters. The smallest absolute Gasteiger partial charge is 0.303 e. The van der Waals surface area contributed by atoms with E-state index in [1.807, 2.05) is 0 Å². The van der Waals surface area contributed by atoms with Gasteiger partial charge < -0.3 is 5.11 Å². The maximum atomic E-state index is 11.9. The molecule has 0 fully saturated rings. The quantitative estimate of drug-likeness (QED) is 0.415. The second-order valence-corrected chi connectivity index (χ2v) is 8.16. The lowest BCUT2D eigenvalue weighted by atomic mass is 10.1. The lowest BCUT2D eigenvalue weighted by Crippen LogP contribution is -2.31. The Morgan fingerprint density at radius 3 is 1.31 bits per heavy atom. The van der Waals surface area contributed by atoms with Gasteiger partial charge in [0.2, 0.25) is 0 Å². The standard InChI is InChI=1S/C13H12ClNO3.C12H11NO4/c14-8-9(16)4-3-7-15-12(17)10-5-1-2-6-11(10)13(15)18;14-10(15)6-3-7-13-11(16)8-4-1-2-5-9(8)12(13)17/h1-2,5-6H,3-4,7-8H2;1-2,4-5H,3,6-7H2,(H,14,15). The highest BCUT2D eigenvalue weighted by atomic mass is 35.5. The highest BCUT2D eigenvalue weighted by Crippen LogP contribution is 2.23. The van der Waals surface area contributed by atoms with Crippen molar-refractivity contribution in [2.45, 2.75) is 25.7 Å². The van der Waals surface area contributed by atoms with E-state index in [0.29, 0.717) is 28.7 Å². The van der Waals surface area contributed by atoms with Gasteiger partial charge in [0, 0.05) is 25.9 Å². The van der Waals surface area contributed by atoms with Crippen molar-refractivity contribution in [2.75, 3.05) is 19.0 Å². The number of benzene rings is 2. The number of nitrogens with zero attached hydrogens (tertiary/aromatic N) is 2. The summed E-state index contributed by atoms with van der Waals surface area (Å²) in [6, 6.07) is 13.3. The van der Waals surface area contributed by atoms with Crippen LogP contribution < -0.4 is 0 Å². The molecule has 2 aliphatic heterocycles. The first kappa shape index (κ1) is 25.8. The van der Waals surface area contributed by atoms with E-state index in [1.54, 1.807) is 48.5 Å². The molecule has 0 bridgehead atoms. The fourth-order valence-corrected chi connectivity index (χ4v) is 3.91. The van der Waals surface area contributed by atoms with Gasteiger partial charge in [-0.25, -0.2) is 0 Å². The van der Waals surface area contributed by atoms with Gasteiger partial charge in [0.05, 0.1) is 28.1 Å².